The minimum absolute atomic E-state index is 0.0785. The first-order chi connectivity index (χ1) is 8.81. The van der Waals surface area contributed by atoms with Crippen LogP contribution in [0, 0.1) is 6.92 Å². The van der Waals surface area contributed by atoms with E-state index in [-0.39, 0.29) is 12.1 Å². The molecule has 0 aliphatic carbocycles. The summed E-state index contributed by atoms with van der Waals surface area (Å²) in [7, 11) is 0. The molecule has 0 radical (unpaired) electrons. The zero-order chi connectivity index (χ0) is 12.8. The maximum Gasteiger partial charge on any atom is 0.100 e. The highest BCUT2D eigenvalue weighted by Gasteiger charge is 2.26. The molecule has 18 heavy (non-hydrogen) atoms. The molecule has 1 aromatic rings. The van der Waals surface area contributed by atoms with Gasteiger partial charge in [0.1, 0.15) is 6.10 Å². The SMILES string of the molecule is CCCNC(c1ccc(C)nc1)C1COCCO1. The quantitative estimate of drug-likeness (QED) is 0.866. The van der Waals surface area contributed by atoms with Crippen molar-refractivity contribution in [3.8, 4) is 0 Å². The monoisotopic (exact) mass is 250 g/mol. The third-order valence-electron chi connectivity index (χ3n) is 3.12. The predicted molar refractivity (Wildman–Crippen MR) is 70.6 cm³/mol. The molecule has 1 aliphatic rings. The summed E-state index contributed by atoms with van der Waals surface area (Å²) in [5.41, 5.74) is 2.21. The Morgan fingerprint density at radius 3 is 2.94 bits per heavy atom. The fourth-order valence-corrected chi connectivity index (χ4v) is 2.13. The van der Waals surface area contributed by atoms with Crippen molar-refractivity contribution in [2.45, 2.75) is 32.4 Å². The first kappa shape index (κ1) is 13.5. The van der Waals surface area contributed by atoms with Gasteiger partial charge in [-0.2, -0.15) is 0 Å². The first-order valence-electron chi connectivity index (χ1n) is 6.66. The molecule has 100 valence electrons. The van der Waals surface area contributed by atoms with Gasteiger partial charge in [-0.05, 0) is 31.5 Å². The Kier molecular flexibility index (Phi) is 5.11. The highest BCUT2D eigenvalue weighted by atomic mass is 16.6. The molecule has 4 nitrogen and oxygen atoms in total. The van der Waals surface area contributed by atoms with Gasteiger partial charge >= 0.3 is 0 Å². The minimum Gasteiger partial charge on any atom is -0.376 e. The van der Waals surface area contributed by atoms with E-state index in [1.54, 1.807) is 0 Å². The molecule has 1 N–H and O–H groups in total. The van der Waals surface area contributed by atoms with Crippen LogP contribution in [0.25, 0.3) is 0 Å². The van der Waals surface area contributed by atoms with Gasteiger partial charge in [0.05, 0.1) is 25.9 Å². The molecule has 1 fully saturated rings. The van der Waals surface area contributed by atoms with Crippen molar-refractivity contribution in [1.82, 2.24) is 10.3 Å². The lowest BCUT2D eigenvalue weighted by molar-refractivity contribution is -0.102. The van der Waals surface area contributed by atoms with E-state index in [9.17, 15) is 0 Å². The lowest BCUT2D eigenvalue weighted by Gasteiger charge is -2.31. The maximum atomic E-state index is 5.81. The third kappa shape index (κ3) is 3.51. The van der Waals surface area contributed by atoms with Gasteiger partial charge in [0, 0.05) is 11.9 Å². The van der Waals surface area contributed by atoms with Gasteiger partial charge < -0.3 is 14.8 Å². The standard InChI is InChI=1S/C14H22N2O2/c1-3-6-15-14(13-10-17-7-8-18-13)12-5-4-11(2)16-9-12/h4-5,9,13-15H,3,6-8,10H2,1-2H3. The number of nitrogens with one attached hydrogen (secondary N) is 1. The molecule has 2 atom stereocenters. The van der Waals surface area contributed by atoms with E-state index >= 15 is 0 Å². The number of rotatable bonds is 5. The second kappa shape index (κ2) is 6.83. The second-order valence-electron chi connectivity index (χ2n) is 4.65. The van der Waals surface area contributed by atoms with Gasteiger partial charge in [0.15, 0.2) is 0 Å². The maximum absolute atomic E-state index is 5.81. The van der Waals surface area contributed by atoms with Crippen LogP contribution in [-0.4, -0.2) is 37.5 Å². The summed E-state index contributed by atoms with van der Waals surface area (Å²) in [4.78, 5) is 4.37. The minimum atomic E-state index is 0.0785. The molecule has 4 heteroatoms. The number of ether oxygens (including phenoxy) is 2. The Bertz CT molecular complexity index is 347. The van der Waals surface area contributed by atoms with Gasteiger partial charge in [0.25, 0.3) is 0 Å². The van der Waals surface area contributed by atoms with Crippen LogP contribution in [0.5, 0.6) is 0 Å². The highest BCUT2D eigenvalue weighted by molar-refractivity contribution is 5.18. The van der Waals surface area contributed by atoms with Crippen molar-refractivity contribution < 1.29 is 9.47 Å². The summed E-state index contributed by atoms with van der Waals surface area (Å²) >= 11 is 0. The number of hydrogen-bond acceptors (Lipinski definition) is 4. The molecular formula is C14H22N2O2. The van der Waals surface area contributed by atoms with Crippen LogP contribution in [0.3, 0.4) is 0 Å². The fourth-order valence-electron chi connectivity index (χ4n) is 2.13. The van der Waals surface area contributed by atoms with Crippen LogP contribution in [0.15, 0.2) is 18.3 Å². The van der Waals surface area contributed by atoms with Crippen molar-refractivity contribution in [3.63, 3.8) is 0 Å². The molecule has 0 saturated carbocycles. The van der Waals surface area contributed by atoms with Crippen LogP contribution in [0.4, 0.5) is 0 Å². The number of aryl methyl sites for hydroxylation is 1. The zero-order valence-corrected chi connectivity index (χ0v) is 11.2. The normalized spacial score (nSPS) is 21.8. The Hall–Kier alpha value is -0.970. The van der Waals surface area contributed by atoms with Crippen LogP contribution >= 0.6 is 0 Å². The molecule has 0 spiro atoms. The second-order valence-corrected chi connectivity index (χ2v) is 4.65. The van der Waals surface area contributed by atoms with Gasteiger partial charge in [-0.15, -0.1) is 0 Å². The summed E-state index contributed by atoms with van der Waals surface area (Å²) in [5.74, 6) is 0. The van der Waals surface area contributed by atoms with Crippen LogP contribution in [0.1, 0.15) is 30.6 Å². The summed E-state index contributed by atoms with van der Waals surface area (Å²) in [5, 5.41) is 3.53. The molecule has 2 heterocycles. The average molecular weight is 250 g/mol. The van der Waals surface area contributed by atoms with Crippen molar-refractivity contribution in [2.24, 2.45) is 0 Å². The van der Waals surface area contributed by atoms with E-state index in [1.165, 1.54) is 5.56 Å². The van der Waals surface area contributed by atoms with Crippen LogP contribution in [-0.2, 0) is 9.47 Å². The number of nitrogens with zero attached hydrogens (tertiary/aromatic N) is 1. The topological polar surface area (TPSA) is 43.4 Å². The molecule has 0 bridgehead atoms. The first-order valence-corrected chi connectivity index (χ1v) is 6.66. The largest absolute Gasteiger partial charge is 0.376 e. The van der Waals surface area contributed by atoms with Crippen LogP contribution in [0.2, 0.25) is 0 Å². The Morgan fingerprint density at radius 1 is 1.44 bits per heavy atom. The van der Waals surface area contributed by atoms with Gasteiger partial charge in [-0.1, -0.05) is 13.0 Å². The van der Waals surface area contributed by atoms with E-state index < -0.39 is 0 Å². The molecule has 0 aromatic carbocycles. The Balaban J connectivity index is 2.10. The van der Waals surface area contributed by atoms with E-state index in [1.807, 2.05) is 19.2 Å². The smallest absolute Gasteiger partial charge is 0.100 e. The van der Waals surface area contributed by atoms with E-state index in [0.29, 0.717) is 19.8 Å². The molecule has 1 aromatic heterocycles. The van der Waals surface area contributed by atoms with Gasteiger partial charge in [0.2, 0.25) is 0 Å². The summed E-state index contributed by atoms with van der Waals surface area (Å²) in [6, 6.07) is 4.33. The van der Waals surface area contributed by atoms with Gasteiger partial charge in [-0.3, -0.25) is 4.98 Å². The van der Waals surface area contributed by atoms with Gasteiger partial charge in [-0.25, -0.2) is 0 Å². The number of pyridine rings is 1. The third-order valence-corrected chi connectivity index (χ3v) is 3.12. The molecule has 2 rings (SSSR count). The van der Waals surface area contributed by atoms with Crippen molar-refractivity contribution in [2.75, 3.05) is 26.4 Å². The van der Waals surface area contributed by atoms with Crippen molar-refractivity contribution >= 4 is 0 Å². The summed E-state index contributed by atoms with van der Waals surface area (Å²) in [6.45, 7) is 7.15. The Morgan fingerprint density at radius 2 is 2.33 bits per heavy atom. The number of hydrogen-bond donors (Lipinski definition) is 1. The lowest BCUT2D eigenvalue weighted by Crippen LogP contribution is -2.40. The van der Waals surface area contributed by atoms with Crippen molar-refractivity contribution in [3.05, 3.63) is 29.6 Å². The van der Waals surface area contributed by atoms with Crippen LogP contribution < -0.4 is 5.32 Å². The van der Waals surface area contributed by atoms with E-state index in [2.05, 4.69) is 23.3 Å². The Labute approximate surface area is 109 Å². The molecule has 0 amide bonds. The number of aromatic nitrogens is 1. The summed E-state index contributed by atoms with van der Waals surface area (Å²) < 4.78 is 11.3. The zero-order valence-electron chi connectivity index (χ0n) is 11.2. The van der Waals surface area contributed by atoms with E-state index in [4.69, 9.17) is 9.47 Å². The summed E-state index contributed by atoms with van der Waals surface area (Å²) in [6.07, 6.45) is 3.11. The molecule has 1 aliphatic heterocycles. The highest BCUT2D eigenvalue weighted by Crippen LogP contribution is 2.21. The lowest BCUT2D eigenvalue weighted by atomic mass is 10.0. The molecule has 2 unspecified atom stereocenters. The van der Waals surface area contributed by atoms with E-state index in [0.717, 1.165) is 18.7 Å². The van der Waals surface area contributed by atoms with Crippen molar-refractivity contribution in [1.29, 1.82) is 0 Å². The molecule has 1 saturated heterocycles. The predicted octanol–water partition coefficient (Wildman–Crippen LogP) is 1.85. The average Bonchev–Trinajstić information content (AvgIpc) is 2.42. The fraction of sp³-hybridized carbons (Fsp3) is 0.643. The molecular weight excluding hydrogens is 228 g/mol.